The van der Waals surface area contributed by atoms with Gasteiger partial charge in [-0.25, -0.2) is 13.4 Å². The standard InChI is InChI=1S/C15H21N3O2S/c1-13(12-21(3,19)20)17(2)11-15-16-9-10-18(15)14-7-5-4-6-8-14/h4-10,13H,11-12H2,1-3H3/t13-/m0/s1. The van der Waals surface area contributed by atoms with Gasteiger partial charge in [-0.1, -0.05) is 18.2 Å². The first-order chi connectivity index (χ1) is 9.87. The molecule has 1 aromatic heterocycles. The number of sulfone groups is 1. The maximum atomic E-state index is 11.4. The second-order valence-electron chi connectivity index (χ2n) is 5.41. The van der Waals surface area contributed by atoms with E-state index in [9.17, 15) is 8.42 Å². The lowest BCUT2D eigenvalue weighted by atomic mass is 10.3. The van der Waals surface area contributed by atoms with Crippen LogP contribution in [0.4, 0.5) is 0 Å². The van der Waals surface area contributed by atoms with Gasteiger partial charge in [0.15, 0.2) is 0 Å². The van der Waals surface area contributed by atoms with Crippen molar-refractivity contribution >= 4 is 9.84 Å². The molecule has 1 atom stereocenters. The lowest BCUT2D eigenvalue weighted by Crippen LogP contribution is -2.35. The van der Waals surface area contributed by atoms with Crippen molar-refractivity contribution < 1.29 is 8.42 Å². The Balaban J connectivity index is 2.12. The molecule has 1 aromatic carbocycles. The van der Waals surface area contributed by atoms with Crippen LogP contribution in [0.25, 0.3) is 5.69 Å². The molecule has 0 amide bonds. The highest BCUT2D eigenvalue weighted by atomic mass is 32.2. The topological polar surface area (TPSA) is 55.2 Å². The van der Waals surface area contributed by atoms with E-state index in [1.54, 1.807) is 6.20 Å². The summed E-state index contributed by atoms with van der Waals surface area (Å²) in [6.45, 7) is 2.51. The average molecular weight is 307 g/mol. The lowest BCUT2D eigenvalue weighted by Gasteiger charge is -2.24. The number of benzene rings is 1. The molecule has 0 aliphatic rings. The van der Waals surface area contributed by atoms with Gasteiger partial charge in [-0.2, -0.15) is 0 Å². The highest BCUT2D eigenvalue weighted by Crippen LogP contribution is 2.12. The molecular weight excluding hydrogens is 286 g/mol. The van der Waals surface area contributed by atoms with Crippen LogP contribution in [0.2, 0.25) is 0 Å². The molecule has 21 heavy (non-hydrogen) atoms. The Hall–Kier alpha value is -1.66. The predicted octanol–water partition coefficient (Wildman–Crippen LogP) is 1.74. The van der Waals surface area contributed by atoms with E-state index < -0.39 is 9.84 Å². The fraction of sp³-hybridized carbons (Fsp3) is 0.400. The van der Waals surface area contributed by atoms with Gasteiger partial charge in [-0.15, -0.1) is 0 Å². The third-order valence-corrected chi connectivity index (χ3v) is 4.53. The molecule has 0 saturated heterocycles. The van der Waals surface area contributed by atoms with Gasteiger partial charge in [0.05, 0.1) is 12.3 Å². The summed E-state index contributed by atoms with van der Waals surface area (Å²) < 4.78 is 24.8. The molecular formula is C15H21N3O2S. The summed E-state index contributed by atoms with van der Waals surface area (Å²) in [7, 11) is -1.06. The molecule has 5 nitrogen and oxygen atoms in total. The molecule has 6 heteroatoms. The van der Waals surface area contributed by atoms with Crippen LogP contribution in [-0.2, 0) is 16.4 Å². The van der Waals surface area contributed by atoms with Crippen molar-refractivity contribution in [1.82, 2.24) is 14.5 Å². The minimum Gasteiger partial charge on any atom is -0.303 e. The first kappa shape index (κ1) is 15.7. The Morgan fingerprint density at radius 3 is 2.57 bits per heavy atom. The zero-order valence-electron chi connectivity index (χ0n) is 12.6. The van der Waals surface area contributed by atoms with Crippen molar-refractivity contribution in [2.45, 2.75) is 19.5 Å². The van der Waals surface area contributed by atoms with Crippen molar-refractivity contribution in [3.8, 4) is 5.69 Å². The molecule has 0 aliphatic carbocycles. The summed E-state index contributed by atoms with van der Waals surface area (Å²) in [5, 5.41) is 0. The van der Waals surface area contributed by atoms with Crippen LogP contribution in [0.15, 0.2) is 42.7 Å². The number of nitrogens with zero attached hydrogens (tertiary/aromatic N) is 3. The number of rotatable bonds is 6. The Labute approximate surface area is 126 Å². The second-order valence-corrected chi connectivity index (χ2v) is 7.59. The summed E-state index contributed by atoms with van der Waals surface area (Å²) in [6, 6.07) is 9.92. The molecule has 1 heterocycles. The van der Waals surface area contributed by atoms with E-state index in [4.69, 9.17) is 0 Å². The molecule has 0 fully saturated rings. The molecule has 0 saturated carbocycles. The maximum Gasteiger partial charge on any atom is 0.148 e. The molecule has 0 N–H and O–H groups in total. The normalized spacial score (nSPS) is 13.5. The van der Waals surface area contributed by atoms with Crippen LogP contribution in [0, 0.1) is 0 Å². The zero-order valence-corrected chi connectivity index (χ0v) is 13.4. The molecule has 0 bridgehead atoms. The smallest absolute Gasteiger partial charge is 0.148 e. The van der Waals surface area contributed by atoms with Crippen LogP contribution < -0.4 is 0 Å². The minimum absolute atomic E-state index is 0.0547. The number of para-hydroxylation sites is 1. The Morgan fingerprint density at radius 1 is 1.29 bits per heavy atom. The monoisotopic (exact) mass is 307 g/mol. The van der Waals surface area contributed by atoms with Gasteiger partial charge >= 0.3 is 0 Å². The van der Waals surface area contributed by atoms with Gasteiger partial charge in [0.1, 0.15) is 15.7 Å². The van der Waals surface area contributed by atoms with Crippen LogP contribution in [0.5, 0.6) is 0 Å². The fourth-order valence-corrected chi connectivity index (χ4v) is 3.35. The van der Waals surface area contributed by atoms with E-state index >= 15 is 0 Å². The van der Waals surface area contributed by atoms with Gasteiger partial charge in [0.2, 0.25) is 0 Å². The molecule has 0 radical (unpaired) electrons. The van der Waals surface area contributed by atoms with Gasteiger partial charge < -0.3 is 4.57 Å². The maximum absolute atomic E-state index is 11.4. The van der Waals surface area contributed by atoms with E-state index in [-0.39, 0.29) is 11.8 Å². The average Bonchev–Trinajstić information content (AvgIpc) is 2.86. The van der Waals surface area contributed by atoms with E-state index in [0.717, 1.165) is 11.5 Å². The number of aromatic nitrogens is 2. The van der Waals surface area contributed by atoms with Crippen molar-refractivity contribution in [2.75, 3.05) is 19.1 Å². The summed E-state index contributed by atoms with van der Waals surface area (Å²) in [5.74, 6) is 1.04. The molecule has 0 spiro atoms. The summed E-state index contributed by atoms with van der Waals surface area (Å²) in [5.41, 5.74) is 1.05. The third kappa shape index (κ3) is 4.41. The van der Waals surface area contributed by atoms with Crippen molar-refractivity contribution in [1.29, 1.82) is 0 Å². The Kier molecular flexibility index (Phi) is 4.80. The SMILES string of the molecule is C[C@@H](CS(C)(=O)=O)N(C)Cc1nccn1-c1ccccc1. The Bertz CT molecular complexity index is 680. The first-order valence-corrected chi connectivity index (χ1v) is 8.88. The fourth-order valence-electron chi connectivity index (χ4n) is 2.22. The summed E-state index contributed by atoms with van der Waals surface area (Å²) in [4.78, 5) is 6.39. The molecule has 2 rings (SSSR count). The van der Waals surface area contributed by atoms with E-state index in [2.05, 4.69) is 4.98 Å². The van der Waals surface area contributed by atoms with Crippen LogP contribution in [0.1, 0.15) is 12.7 Å². The van der Waals surface area contributed by atoms with Crippen molar-refractivity contribution in [2.24, 2.45) is 0 Å². The molecule has 114 valence electrons. The molecule has 0 unspecified atom stereocenters. The molecule has 2 aromatic rings. The quantitative estimate of drug-likeness (QED) is 0.815. The van der Waals surface area contributed by atoms with E-state index in [1.165, 1.54) is 6.26 Å². The lowest BCUT2D eigenvalue weighted by molar-refractivity contribution is 0.259. The van der Waals surface area contributed by atoms with Crippen LogP contribution in [-0.4, -0.2) is 48.0 Å². The van der Waals surface area contributed by atoms with Crippen molar-refractivity contribution in [3.05, 3.63) is 48.5 Å². The summed E-state index contributed by atoms with van der Waals surface area (Å²) >= 11 is 0. The van der Waals surface area contributed by atoms with Crippen LogP contribution >= 0.6 is 0 Å². The van der Waals surface area contributed by atoms with Gasteiger partial charge in [0.25, 0.3) is 0 Å². The highest BCUT2D eigenvalue weighted by molar-refractivity contribution is 7.90. The summed E-state index contributed by atoms with van der Waals surface area (Å²) in [6.07, 6.45) is 4.94. The first-order valence-electron chi connectivity index (χ1n) is 6.82. The van der Waals surface area contributed by atoms with Gasteiger partial charge in [-0.3, -0.25) is 4.90 Å². The van der Waals surface area contributed by atoms with Gasteiger partial charge in [0, 0.05) is 30.4 Å². The second kappa shape index (κ2) is 6.41. The zero-order chi connectivity index (χ0) is 15.5. The largest absolute Gasteiger partial charge is 0.303 e. The van der Waals surface area contributed by atoms with Crippen molar-refractivity contribution in [3.63, 3.8) is 0 Å². The Morgan fingerprint density at radius 2 is 1.95 bits per heavy atom. The van der Waals surface area contributed by atoms with Gasteiger partial charge in [-0.05, 0) is 26.1 Å². The van der Waals surface area contributed by atoms with E-state index in [0.29, 0.717) is 6.54 Å². The number of hydrogen-bond donors (Lipinski definition) is 0. The number of hydrogen-bond acceptors (Lipinski definition) is 4. The highest BCUT2D eigenvalue weighted by Gasteiger charge is 2.17. The number of imidazole rings is 1. The molecule has 0 aliphatic heterocycles. The van der Waals surface area contributed by atoms with Crippen LogP contribution in [0.3, 0.4) is 0 Å². The van der Waals surface area contributed by atoms with E-state index in [1.807, 2.05) is 60.0 Å². The predicted molar refractivity (Wildman–Crippen MR) is 84.2 cm³/mol. The minimum atomic E-state index is -2.98. The third-order valence-electron chi connectivity index (χ3n) is 3.44.